The van der Waals surface area contributed by atoms with Gasteiger partial charge in [0.1, 0.15) is 0 Å². The monoisotopic (exact) mass is 1020 g/mol. The van der Waals surface area contributed by atoms with Crippen LogP contribution >= 0.6 is 30.9 Å². The molecular formula is C66H69BO3S3. The molecule has 0 amide bonds. The fourth-order valence-corrected chi connectivity index (χ4v) is 18.5. The van der Waals surface area contributed by atoms with Gasteiger partial charge in [-0.1, -0.05) is 194 Å². The Hall–Kier alpha value is -6.03. The molecule has 0 aliphatic carbocycles. The Labute approximate surface area is 441 Å². The van der Waals surface area contributed by atoms with Crippen molar-refractivity contribution in [3.05, 3.63) is 268 Å². The molecule has 3 nitrogen and oxygen atoms in total. The molecule has 0 fully saturated rings. The van der Waals surface area contributed by atoms with E-state index < -0.39 is 38.2 Å². The summed E-state index contributed by atoms with van der Waals surface area (Å²) in [5, 5.41) is 0. The molecular weight excluding hydrogens is 948 g/mol. The first-order valence-corrected chi connectivity index (χ1v) is 30.3. The Bertz CT molecular complexity index is 2720. The van der Waals surface area contributed by atoms with Crippen LogP contribution in [-0.2, 0) is 31.6 Å². The van der Waals surface area contributed by atoms with Gasteiger partial charge in [-0.25, -0.2) is 0 Å². The summed E-state index contributed by atoms with van der Waals surface area (Å²) >= 11 is 0. The lowest BCUT2D eigenvalue weighted by atomic mass is 10.2. The van der Waals surface area contributed by atoms with Crippen molar-refractivity contribution >= 4 is 38.2 Å². The van der Waals surface area contributed by atoms with E-state index in [0.29, 0.717) is 0 Å². The predicted octanol–water partition coefficient (Wildman–Crippen LogP) is 19.2. The Morgan fingerprint density at radius 2 is 0.370 bits per heavy atom. The molecule has 0 aliphatic rings. The number of rotatable bonds is 18. The molecule has 0 saturated heterocycles. The Kier molecular flexibility index (Phi) is 16.1. The van der Waals surface area contributed by atoms with Crippen molar-refractivity contribution < 1.29 is 12.3 Å². The second-order valence-corrected chi connectivity index (χ2v) is 27.3. The van der Waals surface area contributed by atoms with Crippen LogP contribution in [0.2, 0.25) is 0 Å². The molecule has 9 rings (SSSR count). The molecule has 9 aromatic carbocycles. The van der Waals surface area contributed by atoms with E-state index in [0.717, 1.165) is 63.3 Å². The van der Waals surface area contributed by atoms with E-state index in [1.165, 1.54) is 50.1 Å². The molecule has 0 saturated carbocycles. The zero-order valence-electron chi connectivity index (χ0n) is 43.9. The SMILES string of the molecule is CCc1ccc(S(OB(OS(c2ccc(C)cc2)(c2ccc(C)cc2)c2ccc(CC)cc2)OS(c2ccc(C)cc2)(c2ccc(C)cc2)c2ccc(CC)cc2)(c2ccc(C)cc2)c2ccc(C)cc2)cc1. The van der Waals surface area contributed by atoms with Crippen molar-refractivity contribution in [2.45, 2.75) is 126 Å². The van der Waals surface area contributed by atoms with Crippen molar-refractivity contribution in [3.8, 4) is 0 Å². The zero-order valence-corrected chi connectivity index (χ0v) is 46.4. The smallest absolute Gasteiger partial charge is 0.323 e. The minimum atomic E-state index is -2.70. The summed E-state index contributed by atoms with van der Waals surface area (Å²) in [6.07, 6.45) is 2.75. The third-order valence-corrected chi connectivity index (χ3v) is 23.5. The van der Waals surface area contributed by atoms with Crippen LogP contribution in [0.4, 0.5) is 0 Å². The van der Waals surface area contributed by atoms with Gasteiger partial charge in [0.15, 0.2) is 0 Å². The number of benzene rings is 9. The highest BCUT2D eigenvalue weighted by molar-refractivity contribution is 8.32. The predicted molar refractivity (Wildman–Crippen MR) is 311 cm³/mol. The van der Waals surface area contributed by atoms with Gasteiger partial charge >= 0.3 is 7.32 Å². The van der Waals surface area contributed by atoms with E-state index in [4.69, 9.17) is 12.3 Å². The molecule has 0 bridgehead atoms. The number of aryl methyl sites for hydroxylation is 9. The third kappa shape index (κ3) is 10.7. The topological polar surface area (TPSA) is 27.7 Å². The fraction of sp³-hybridized carbons (Fsp3) is 0.182. The van der Waals surface area contributed by atoms with Crippen molar-refractivity contribution in [1.82, 2.24) is 0 Å². The van der Waals surface area contributed by atoms with Crippen molar-refractivity contribution in [2.24, 2.45) is 0 Å². The van der Waals surface area contributed by atoms with Crippen LogP contribution in [0.5, 0.6) is 0 Å². The van der Waals surface area contributed by atoms with E-state index in [1.54, 1.807) is 0 Å². The first-order valence-electron chi connectivity index (χ1n) is 25.6. The van der Waals surface area contributed by atoms with Crippen LogP contribution in [0.15, 0.2) is 262 Å². The van der Waals surface area contributed by atoms with Gasteiger partial charge in [-0.3, -0.25) is 0 Å². The maximum Gasteiger partial charge on any atom is 0.673 e. The molecule has 0 atom stereocenters. The van der Waals surface area contributed by atoms with Crippen LogP contribution in [0.3, 0.4) is 0 Å². The molecule has 0 heterocycles. The summed E-state index contributed by atoms with van der Waals surface area (Å²) in [6.45, 7) is 19.5. The maximum atomic E-state index is 8.45. The standard InChI is InChI=1S/C66H69BO3S3/c1-10-55-25-43-64(44-26-55)71(58-31-13-49(4)14-32-58,59-33-15-50(5)16-34-59)68-67(69-72(60-35-17-51(6)18-36-60,61-37-19-52(7)20-38-61)65-45-27-56(11-2)28-46-65)70-73(62-39-21-53(8)22-40-62,63-41-23-54(9)24-42-63)66-47-29-57(12-3)30-48-66/h13-48H,10-12H2,1-9H3. The molecule has 73 heavy (non-hydrogen) atoms. The second-order valence-electron chi connectivity index (χ2n) is 19.1. The molecule has 0 aromatic heterocycles. The van der Waals surface area contributed by atoms with Gasteiger partial charge in [0.2, 0.25) is 0 Å². The fourth-order valence-electron chi connectivity index (χ4n) is 9.26. The van der Waals surface area contributed by atoms with Crippen molar-refractivity contribution in [2.75, 3.05) is 0 Å². The second kappa shape index (κ2) is 22.6. The van der Waals surface area contributed by atoms with Crippen LogP contribution in [-0.4, -0.2) is 7.32 Å². The highest BCUT2D eigenvalue weighted by Gasteiger charge is 2.50. The van der Waals surface area contributed by atoms with Gasteiger partial charge in [-0.2, -0.15) is 0 Å². The lowest BCUT2D eigenvalue weighted by Gasteiger charge is -2.49. The molecule has 9 aromatic rings. The minimum Gasteiger partial charge on any atom is -0.323 e. The van der Waals surface area contributed by atoms with Crippen LogP contribution in [0.1, 0.15) is 70.8 Å². The lowest BCUT2D eigenvalue weighted by molar-refractivity contribution is 0.353. The van der Waals surface area contributed by atoms with Crippen LogP contribution < -0.4 is 0 Å². The van der Waals surface area contributed by atoms with Gasteiger partial charge in [-0.05, 0) is 187 Å². The van der Waals surface area contributed by atoms with E-state index in [-0.39, 0.29) is 0 Å². The van der Waals surface area contributed by atoms with Gasteiger partial charge in [0.05, 0.1) is 0 Å². The largest absolute Gasteiger partial charge is 0.673 e. The van der Waals surface area contributed by atoms with E-state index in [9.17, 15) is 0 Å². The first kappa shape index (κ1) is 51.9. The quantitative estimate of drug-likeness (QED) is 0.0802. The number of hydrogen-bond acceptors (Lipinski definition) is 3. The highest BCUT2D eigenvalue weighted by Crippen LogP contribution is 2.76. The summed E-state index contributed by atoms with van der Waals surface area (Å²) in [4.78, 5) is 9.40. The summed E-state index contributed by atoms with van der Waals surface area (Å²) < 4.78 is 25.4. The summed E-state index contributed by atoms with van der Waals surface area (Å²) in [5.74, 6) is 0. The summed E-state index contributed by atoms with van der Waals surface area (Å²) in [5.41, 5.74) is 10.8. The molecule has 7 heteroatoms. The number of hydrogen-bond donors (Lipinski definition) is 0. The Morgan fingerprint density at radius 3 is 0.507 bits per heavy atom. The van der Waals surface area contributed by atoms with Crippen LogP contribution in [0, 0.1) is 41.5 Å². The maximum absolute atomic E-state index is 8.45. The molecule has 0 aliphatic heterocycles. The molecule has 0 radical (unpaired) electrons. The summed E-state index contributed by atoms with van der Waals surface area (Å²) in [7, 11) is -9.41. The normalized spacial score (nSPS) is 12.6. The molecule has 0 spiro atoms. The van der Waals surface area contributed by atoms with Crippen molar-refractivity contribution in [3.63, 3.8) is 0 Å². The first-order chi connectivity index (χ1) is 35.4. The van der Waals surface area contributed by atoms with Gasteiger partial charge in [-0.15, -0.1) is 0 Å². The van der Waals surface area contributed by atoms with Crippen LogP contribution in [0.25, 0.3) is 0 Å². The van der Waals surface area contributed by atoms with Gasteiger partial charge < -0.3 is 12.3 Å². The van der Waals surface area contributed by atoms with E-state index >= 15 is 0 Å². The summed E-state index contributed by atoms with van der Waals surface area (Å²) in [6, 6.07) is 80.7. The average Bonchev–Trinajstić information content (AvgIpc) is 3.42. The van der Waals surface area contributed by atoms with E-state index in [2.05, 4.69) is 281 Å². The van der Waals surface area contributed by atoms with Crippen molar-refractivity contribution in [1.29, 1.82) is 0 Å². The third-order valence-electron chi connectivity index (χ3n) is 13.8. The Balaban J connectivity index is 1.43. The van der Waals surface area contributed by atoms with Gasteiger partial charge in [0.25, 0.3) is 0 Å². The van der Waals surface area contributed by atoms with E-state index in [1.807, 2.05) is 0 Å². The average molecular weight is 1020 g/mol. The highest BCUT2D eigenvalue weighted by atomic mass is 32.3. The molecule has 0 N–H and O–H groups in total. The lowest BCUT2D eigenvalue weighted by Crippen LogP contribution is -2.33. The Morgan fingerprint density at radius 1 is 0.233 bits per heavy atom. The molecule has 372 valence electrons. The zero-order chi connectivity index (χ0) is 51.2. The molecule has 0 unspecified atom stereocenters. The minimum absolute atomic E-state index is 0.916. The van der Waals surface area contributed by atoms with Gasteiger partial charge in [0, 0.05) is 44.1 Å².